The van der Waals surface area contributed by atoms with Crippen LogP contribution in [0, 0.1) is 5.92 Å². The van der Waals surface area contributed by atoms with Gasteiger partial charge in [-0.2, -0.15) is 4.68 Å². The fraction of sp³-hybridized carbons (Fsp3) is 0.333. The van der Waals surface area contributed by atoms with Crippen LogP contribution in [-0.4, -0.2) is 39.0 Å². The van der Waals surface area contributed by atoms with Crippen molar-refractivity contribution >= 4 is 17.7 Å². The smallest absolute Gasteiger partial charge is 0.230 e. The van der Waals surface area contributed by atoms with E-state index in [2.05, 4.69) is 34.7 Å². The first-order valence-electron chi connectivity index (χ1n) is 9.46. The number of carbonyl (C=O) groups excluding carboxylic acids is 1. The quantitative estimate of drug-likeness (QED) is 0.541. The highest BCUT2D eigenvalue weighted by molar-refractivity contribution is 7.99. The second kappa shape index (κ2) is 10.1. The van der Waals surface area contributed by atoms with E-state index in [9.17, 15) is 4.79 Å². The van der Waals surface area contributed by atoms with Gasteiger partial charge in [0.25, 0.3) is 0 Å². The number of carbonyl (C=O) groups is 1. The molecule has 1 heterocycles. The third kappa shape index (κ3) is 5.80. The maximum atomic E-state index is 12.6. The van der Waals surface area contributed by atoms with Gasteiger partial charge in [-0.25, -0.2) is 0 Å². The van der Waals surface area contributed by atoms with E-state index in [0.29, 0.717) is 11.1 Å². The summed E-state index contributed by atoms with van der Waals surface area (Å²) in [7, 11) is 1.62. The molecule has 152 valence electrons. The molecule has 1 N–H and O–H groups in total. The molecule has 0 aliphatic carbocycles. The van der Waals surface area contributed by atoms with Crippen molar-refractivity contribution in [2.45, 2.75) is 31.5 Å². The molecule has 3 aromatic rings. The topological polar surface area (TPSA) is 81.9 Å². The predicted octanol–water partition coefficient (Wildman–Crippen LogP) is 3.67. The molecule has 29 heavy (non-hydrogen) atoms. The fourth-order valence-corrected chi connectivity index (χ4v) is 3.66. The third-order valence-corrected chi connectivity index (χ3v) is 5.25. The number of aromatic nitrogens is 4. The Morgan fingerprint density at radius 3 is 2.52 bits per heavy atom. The van der Waals surface area contributed by atoms with E-state index in [-0.39, 0.29) is 17.7 Å². The van der Waals surface area contributed by atoms with Gasteiger partial charge in [0.05, 0.1) is 24.6 Å². The van der Waals surface area contributed by atoms with Gasteiger partial charge in [0.15, 0.2) is 0 Å². The van der Waals surface area contributed by atoms with E-state index in [1.807, 2.05) is 54.6 Å². The Kier molecular flexibility index (Phi) is 7.24. The maximum Gasteiger partial charge on any atom is 0.230 e. The van der Waals surface area contributed by atoms with Crippen molar-refractivity contribution in [3.05, 3.63) is 60.2 Å². The number of rotatable bonds is 9. The lowest BCUT2D eigenvalue weighted by atomic mass is 9.97. The van der Waals surface area contributed by atoms with Crippen molar-refractivity contribution in [2.24, 2.45) is 5.92 Å². The normalized spacial score (nSPS) is 12.0. The summed E-state index contributed by atoms with van der Waals surface area (Å²) in [6.07, 6.45) is 0.879. The van der Waals surface area contributed by atoms with Crippen molar-refractivity contribution in [3.63, 3.8) is 0 Å². The van der Waals surface area contributed by atoms with Crippen LogP contribution in [-0.2, 0) is 4.79 Å². The highest BCUT2D eigenvalue weighted by Gasteiger charge is 2.17. The van der Waals surface area contributed by atoms with Gasteiger partial charge in [0.1, 0.15) is 5.75 Å². The Hall–Kier alpha value is -2.87. The zero-order valence-corrected chi connectivity index (χ0v) is 17.6. The Morgan fingerprint density at radius 1 is 1.14 bits per heavy atom. The summed E-state index contributed by atoms with van der Waals surface area (Å²) in [5.74, 6) is 1.41. The lowest BCUT2D eigenvalue weighted by Gasteiger charge is -2.21. The highest BCUT2D eigenvalue weighted by atomic mass is 32.2. The van der Waals surface area contributed by atoms with Crippen molar-refractivity contribution < 1.29 is 9.53 Å². The van der Waals surface area contributed by atoms with E-state index in [1.54, 1.807) is 11.8 Å². The van der Waals surface area contributed by atoms with Crippen LogP contribution in [0.2, 0.25) is 0 Å². The lowest BCUT2D eigenvalue weighted by molar-refractivity contribution is -0.119. The molecular weight excluding hydrogens is 386 g/mol. The Labute approximate surface area is 174 Å². The number of ether oxygens (including phenoxy) is 1. The number of thioether (sulfide) groups is 1. The first-order chi connectivity index (χ1) is 14.1. The van der Waals surface area contributed by atoms with Gasteiger partial charge in [-0.3, -0.25) is 4.79 Å². The first kappa shape index (κ1) is 20.9. The molecule has 0 radical (unpaired) electrons. The minimum atomic E-state index is -0.0474. The number of hydrogen-bond acceptors (Lipinski definition) is 6. The Morgan fingerprint density at radius 2 is 1.86 bits per heavy atom. The standard InChI is InChI=1S/C21H25N5O2S/c1-15(2)13-19(16-7-5-4-6-8-16)22-20(27)14-29-21-23-24-25-26(21)17-9-11-18(28-3)12-10-17/h4-12,15,19H,13-14H2,1-3H3,(H,22,27)/t19-/m0/s1. The minimum absolute atomic E-state index is 0.0121. The summed E-state index contributed by atoms with van der Waals surface area (Å²) >= 11 is 1.31. The molecule has 0 fully saturated rings. The van der Waals surface area contributed by atoms with E-state index in [0.717, 1.165) is 23.4 Å². The van der Waals surface area contributed by atoms with E-state index >= 15 is 0 Å². The molecular formula is C21H25N5O2S. The Balaban J connectivity index is 1.63. The molecule has 0 aliphatic rings. The van der Waals surface area contributed by atoms with Crippen LogP contribution in [0.15, 0.2) is 59.8 Å². The molecule has 0 spiro atoms. The van der Waals surface area contributed by atoms with E-state index < -0.39 is 0 Å². The van der Waals surface area contributed by atoms with E-state index in [4.69, 9.17) is 4.74 Å². The molecule has 1 amide bonds. The molecule has 1 atom stereocenters. The average Bonchev–Trinajstić information content (AvgIpc) is 3.21. The number of nitrogens with one attached hydrogen (secondary N) is 1. The number of nitrogens with zero attached hydrogens (tertiary/aromatic N) is 4. The van der Waals surface area contributed by atoms with Gasteiger partial charge in [0.2, 0.25) is 11.1 Å². The van der Waals surface area contributed by atoms with Gasteiger partial charge in [0, 0.05) is 0 Å². The second-order valence-corrected chi connectivity index (χ2v) is 7.96. The summed E-state index contributed by atoms with van der Waals surface area (Å²) in [5.41, 5.74) is 1.92. The molecule has 8 heteroatoms. The van der Waals surface area contributed by atoms with Crippen LogP contribution in [0.5, 0.6) is 5.75 Å². The Bertz CT molecular complexity index is 912. The largest absolute Gasteiger partial charge is 0.497 e. The van der Waals surface area contributed by atoms with Crippen molar-refractivity contribution in [1.82, 2.24) is 25.5 Å². The van der Waals surface area contributed by atoms with Gasteiger partial charge in [-0.05, 0) is 52.6 Å². The van der Waals surface area contributed by atoms with Gasteiger partial charge in [-0.15, -0.1) is 5.10 Å². The number of amides is 1. The van der Waals surface area contributed by atoms with Crippen LogP contribution >= 0.6 is 11.8 Å². The average molecular weight is 412 g/mol. The predicted molar refractivity (Wildman–Crippen MR) is 113 cm³/mol. The van der Waals surface area contributed by atoms with E-state index in [1.165, 1.54) is 11.8 Å². The summed E-state index contributed by atoms with van der Waals surface area (Å²) in [5, 5.41) is 15.5. The van der Waals surface area contributed by atoms with Crippen LogP contribution in [0.25, 0.3) is 5.69 Å². The van der Waals surface area contributed by atoms with Crippen LogP contribution in [0.1, 0.15) is 31.9 Å². The molecule has 7 nitrogen and oxygen atoms in total. The third-order valence-electron chi connectivity index (χ3n) is 4.33. The van der Waals surface area contributed by atoms with Gasteiger partial charge < -0.3 is 10.1 Å². The zero-order valence-electron chi connectivity index (χ0n) is 16.8. The number of tetrazole rings is 1. The molecule has 0 saturated carbocycles. The van der Waals surface area contributed by atoms with Crippen molar-refractivity contribution in [3.8, 4) is 11.4 Å². The van der Waals surface area contributed by atoms with Crippen molar-refractivity contribution in [2.75, 3.05) is 12.9 Å². The second-order valence-electron chi connectivity index (χ2n) is 7.02. The van der Waals surface area contributed by atoms with Crippen LogP contribution < -0.4 is 10.1 Å². The summed E-state index contributed by atoms with van der Waals surface area (Å²) < 4.78 is 6.79. The monoisotopic (exact) mass is 411 g/mol. The SMILES string of the molecule is COc1ccc(-n2nnnc2SCC(=O)N[C@@H](CC(C)C)c2ccccc2)cc1. The van der Waals surface area contributed by atoms with Gasteiger partial charge in [-0.1, -0.05) is 55.9 Å². The maximum absolute atomic E-state index is 12.6. The number of hydrogen-bond donors (Lipinski definition) is 1. The summed E-state index contributed by atoms with van der Waals surface area (Å²) in [4.78, 5) is 12.6. The summed E-state index contributed by atoms with van der Waals surface area (Å²) in [6, 6.07) is 17.5. The molecule has 0 unspecified atom stereocenters. The number of methoxy groups -OCH3 is 1. The molecule has 0 aliphatic heterocycles. The first-order valence-corrected chi connectivity index (χ1v) is 10.4. The highest BCUT2D eigenvalue weighted by Crippen LogP contribution is 2.23. The molecule has 0 saturated heterocycles. The number of benzene rings is 2. The molecule has 0 bridgehead atoms. The summed E-state index contributed by atoms with van der Waals surface area (Å²) in [6.45, 7) is 4.31. The molecule has 2 aromatic carbocycles. The van der Waals surface area contributed by atoms with Crippen molar-refractivity contribution in [1.29, 1.82) is 0 Å². The minimum Gasteiger partial charge on any atom is -0.497 e. The molecule has 3 rings (SSSR count). The van der Waals surface area contributed by atoms with Crippen LogP contribution in [0.4, 0.5) is 0 Å². The zero-order chi connectivity index (χ0) is 20.6. The molecule has 1 aromatic heterocycles. The fourth-order valence-electron chi connectivity index (χ4n) is 2.96. The van der Waals surface area contributed by atoms with Crippen LogP contribution in [0.3, 0.4) is 0 Å². The van der Waals surface area contributed by atoms with Gasteiger partial charge >= 0.3 is 0 Å². The lowest BCUT2D eigenvalue weighted by Crippen LogP contribution is -2.31.